The van der Waals surface area contributed by atoms with E-state index in [1.807, 2.05) is 0 Å². The molecule has 1 aliphatic rings. The summed E-state index contributed by atoms with van der Waals surface area (Å²) in [5.41, 5.74) is 9.20. The Labute approximate surface area is 124 Å². The van der Waals surface area contributed by atoms with Crippen LogP contribution in [0.25, 0.3) is 0 Å². The van der Waals surface area contributed by atoms with Gasteiger partial charge >= 0.3 is 0 Å². The minimum Gasteiger partial charge on any atom is -0.329 e. The van der Waals surface area contributed by atoms with Gasteiger partial charge in [0.2, 0.25) is 0 Å². The van der Waals surface area contributed by atoms with Crippen LogP contribution in [0.1, 0.15) is 56.6 Å². The van der Waals surface area contributed by atoms with Crippen molar-refractivity contribution in [2.45, 2.75) is 64.5 Å². The van der Waals surface area contributed by atoms with Crippen LogP contribution in [0.3, 0.4) is 0 Å². The van der Waals surface area contributed by atoms with Gasteiger partial charge in [0.25, 0.3) is 0 Å². The lowest BCUT2D eigenvalue weighted by Crippen LogP contribution is -2.53. The molecule has 0 atom stereocenters. The van der Waals surface area contributed by atoms with E-state index in [0.717, 1.165) is 19.6 Å². The maximum absolute atomic E-state index is 6.22. The Bertz CT molecular complexity index is 388. The summed E-state index contributed by atoms with van der Waals surface area (Å²) < 4.78 is 0. The minimum absolute atomic E-state index is 0.232. The molecule has 0 aliphatic heterocycles. The van der Waals surface area contributed by atoms with Crippen molar-refractivity contribution in [3.05, 3.63) is 35.4 Å². The molecule has 0 heterocycles. The summed E-state index contributed by atoms with van der Waals surface area (Å²) in [5, 5.41) is 0. The first kappa shape index (κ1) is 15.5. The molecule has 0 unspecified atom stereocenters. The predicted octanol–water partition coefficient (Wildman–Crippen LogP) is 3.87. The first-order valence-corrected chi connectivity index (χ1v) is 8.21. The number of nitrogens with zero attached hydrogens (tertiary/aromatic N) is 1. The van der Waals surface area contributed by atoms with E-state index in [4.69, 9.17) is 5.73 Å². The van der Waals surface area contributed by atoms with E-state index in [0.29, 0.717) is 0 Å². The Balaban J connectivity index is 2.13. The highest BCUT2D eigenvalue weighted by molar-refractivity contribution is 5.21. The van der Waals surface area contributed by atoms with Crippen molar-refractivity contribution < 1.29 is 0 Å². The summed E-state index contributed by atoms with van der Waals surface area (Å²) in [6, 6.07) is 8.95. The largest absolute Gasteiger partial charge is 0.329 e. The van der Waals surface area contributed by atoms with Crippen LogP contribution in [-0.2, 0) is 6.54 Å². The zero-order valence-corrected chi connectivity index (χ0v) is 13.2. The molecule has 1 aromatic carbocycles. The van der Waals surface area contributed by atoms with Crippen LogP contribution >= 0.6 is 0 Å². The van der Waals surface area contributed by atoms with Gasteiger partial charge in [-0.05, 0) is 31.9 Å². The number of hydrogen-bond donors (Lipinski definition) is 1. The van der Waals surface area contributed by atoms with E-state index in [1.165, 1.54) is 49.7 Å². The molecule has 20 heavy (non-hydrogen) atoms. The molecule has 0 spiro atoms. The van der Waals surface area contributed by atoms with Gasteiger partial charge in [-0.15, -0.1) is 0 Å². The van der Waals surface area contributed by atoms with Gasteiger partial charge in [0, 0.05) is 18.6 Å². The molecule has 0 saturated heterocycles. The van der Waals surface area contributed by atoms with Gasteiger partial charge in [0.05, 0.1) is 0 Å². The third-order valence-corrected chi connectivity index (χ3v) is 4.96. The third-order valence-electron chi connectivity index (χ3n) is 4.96. The summed E-state index contributed by atoms with van der Waals surface area (Å²) in [5.74, 6) is 0. The summed E-state index contributed by atoms with van der Waals surface area (Å²) in [6.07, 6.45) is 7.96. The average molecular weight is 274 g/mol. The lowest BCUT2D eigenvalue weighted by atomic mass is 9.87. The van der Waals surface area contributed by atoms with Crippen molar-refractivity contribution in [2.75, 3.05) is 13.1 Å². The van der Waals surface area contributed by atoms with Crippen LogP contribution in [-0.4, -0.2) is 23.5 Å². The topological polar surface area (TPSA) is 29.3 Å². The molecule has 0 radical (unpaired) electrons. The number of nitrogens with two attached hydrogens (primary N) is 1. The van der Waals surface area contributed by atoms with Crippen LogP contribution in [0, 0.1) is 6.92 Å². The Morgan fingerprint density at radius 3 is 2.15 bits per heavy atom. The van der Waals surface area contributed by atoms with Crippen LogP contribution in [0.15, 0.2) is 24.3 Å². The fourth-order valence-electron chi connectivity index (χ4n) is 3.56. The fraction of sp³-hybridized carbons (Fsp3) is 0.667. The molecule has 1 fully saturated rings. The molecular weight excluding hydrogens is 244 g/mol. The van der Waals surface area contributed by atoms with Gasteiger partial charge < -0.3 is 5.73 Å². The Morgan fingerprint density at radius 1 is 1.05 bits per heavy atom. The molecule has 2 rings (SSSR count). The van der Waals surface area contributed by atoms with Crippen molar-refractivity contribution in [1.29, 1.82) is 0 Å². The molecular formula is C18H30N2. The Morgan fingerprint density at radius 2 is 1.65 bits per heavy atom. The van der Waals surface area contributed by atoms with Crippen molar-refractivity contribution in [3.63, 3.8) is 0 Å². The molecule has 0 aromatic heterocycles. The summed E-state index contributed by atoms with van der Waals surface area (Å²) in [6.45, 7) is 7.34. The van der Waals surface area contributed by atoms with E-state index >= 15 is 0 Å². The smallest absolute Gasteiger partial charge is 0.0335 e. The first-order valence-electron chi connectivity index (χ1n) is 8.21. The molecule has 1 aromatic rings. The van der Waals surface area contributed by atoms with Crippen molar-refractivity contribution in [2.24, 2.45) is 5.73 Å². The minimum atomic E-state index is 0.232. The van der Waals surface area contributed by atoms with Gasteiger partial charge in [-0.1, -0.05) is 62.4 Å². The highest BCUT2D eigenvalue weighted by Gasteiger charge is 2.34. The molecule has 0 bridgehead atoms. The van der Waals surface area contributed by atoms with Crippen molar-refractivity contribution >= 4 is 0 Å². The second-order valence-corrected chi connectivity index (χ2v) is 6.34. The Kier molecular flexibility index (Phi) is 5.62. The second-order valence-electron chi connectivity index (χ2n) is 6.34. The van der Waals surface area contributed by atoms with Gasteiger partial charge in [-0.25, -0.2) is 0 Å². The highest BCUT2D eigenvalue weighted by Crippen LogP contribution is 2.32. The first-order chi connectivity index (χ1) is 9.70. The highest BCUT2D eigenvalue weighted by atomic mass is 15.2. The summed E-state index contributed by atoms with van der Waals surface area (Å²) >= 11 is 0. The second kappa shape index (κ2) is 7.24. The molecule has 1 saturated carbocycles. The molecule has 2 N–H and O–H groups in total. The van der Waals surface area contributed by atoms with Crippen molar-refractivity contribution in [3.8, 4) is 0 Å². The molecule has 2 nitrogen and oxygen atoms in total. The van der Waals surface area contributed by atoms with E-state index in [9.17, 15) is 0 Å². The molecule has 0 amide bonds. The standard InChI is InChI=1S/C18H30N2/c1-3-20(14-17-10-8-16(2)9-11-17)18(15-19)12-6-4-5-7-13-18/h8-11H,3-7,12-15,19H2,1-2H3. The lowest BCUT2D eigenvalue weighted by Gasteiger charge is -2.43. The zero-order chi connectivity index (χ0) is 14.4. The number of hydrogen-bond acceptors (Lipinski definition) is 2. The summed E-state index contributed by atoms with van der Waals surface area (Å²) in [7, 11) is 0. The van der Waals surface area contributed by atoms with Crippen LogP contribution in [0.2, 0.25) is 0 Å². The van der Waals surface area contributed by atoms with Crippen LogP contribution in [0.4, 0.5) is 0 Å². The quantitative estimate of drug-likeness (QED) is 0.826. The normalized spacial score (nSPS) is 19.0. The van der Waals surface area contributed by atoms with Crippen LogP contribution < -0.4 is 5.73 Å². The van der Waals surface area contributed by atoms with Gasteiger partial charge in [-0.3, -0.25) is 4.90 Å². The fourth-order valence-corrected chi connectivity index (χ4v) is 3.56. The SMILES string of the molecule is CCN(Cc1ccc(C)cc1)C1(CN)CCCCCC1. The number of benzene rings is 1. The maximum Gasteiger partial charge on any atom is 0.0335 e. The van der Waals surface area contributed by atoms with Gasteiger partial charge in [0.1, 0.15) is 0 Å². The molecule has 112 valence electrons. The van der Waals surface area contributed by atoms with E-state index < -0.39 is 0 Å². The number of likely N-dealkylation sites (N-methyl/N-ethyl adjacent to an activating group) is 1. The number of aryl methyl sites for hydroxylation is 1. The van der Waals surface area contributed by atoms with Gasteiger partial charge in [-0.2, -0.15) is 0 Å². The summed E-state index contributed by atoms with van der Waals surface area (Å²) in [4.78, 5) is 2.63. The molecule has 2 heteroatoms. The lowest BCUT2D eigenvalue weighted by molar-refractivity contribution is 0.0756. The van der Waals surface area contributed by atoms with Crippen molar-refractivity contribution in [1.82, 2.24) is 4.90 Å². The predicted molar refractivity (Wildman–Crippen MR) is 86.8 cm³/mol. The number of rotatable bonds is 5. The van der Waals surface area contributed by atoms with E-state index in [-0.39, 0.29) is 5.54 Å². The third kappa shape index (κ3) is 3.62. The van der Waals surface area contributed by atoms with Crippen LogP contribution in [0.5, 0.6) is 0 Å². The maximum atomic E-state index is 6.22. The average Bonchev–Trinajstić information content (AvgIpc) is 2.73. The monoisotopic (exact) mass is 274 g/mol. The zero-order valence-electron chi connectivity index (χ0n) is 13.2. The van der Waals surface area contributed by atoms with Gasteiger partial charge in [0.15, 0.2) is 0 Å². The Hall–Kier alpha value is -0.860. The van der Waals surface area contributed by atoms with E-state index in [2.05, 4.69) is 43.0 Å². The molecule has 1 aliphatic carbocycles. The van der Waals surface area contributed by atoms with E-state index in [1.54, 1.807) is 0 Å².